The molecule has 6 nitrogen and oxygen atoms in total. The Kier molecular flexibility index (Phi) is 5.39. The highest BCUT2D eigenvalue weighted by Crippen LogP contribution is 2.24. The standard InChI is InChI=1S/C27H20N4O2/c32-26(19-7-3-1-4-8-19)29-22-15-16-23-24(17-22)31-25(30-23)18-11-13-20(14-12-18)27(33)28-21-9-5-2-6-10-21/h1-17H,(H,28,33)(H,29,32)(H,30,31). The summed E-state index contributed by atoms with van der Waals surface area (Å²) in [6, 6.07) is 31.2. The Hall–Kier alpha value is -4.71. The highest BCUT2D eigenvalue weighted by atomic mass is 16.2. The number of H-pyrrole nitrogens is 1. The number of nitrogens with zero attached hydrogens (tertiary/aromatic N) is 1. The lowest BCUT2D eigenvalue weighted by Gasteiger charge is -2.05. The first kappa shape index (κ1) is 20.2. The molecule has 0 spiro atoms. The second-order valence-corrected chi connectivity index (χ2v) is 7.53. The number of aromatic amines is 1. The number of nitrogens with one attached hydrogen (secondary N) is 3. The molecule has 0 saturated carbocycles. The summed E-state index contributed by atoms with van der Waals surface area (Å²) in [6.07, 6.45) is 0. The monoisotopic (exact) mass is 432 g/mol. The van der Waals surface area contributed by atoms with Gasteiger partial charge >= 0.3 is 0 Å². The van der Waals surface area contributed by atoms with Crippen LogP contribution in [-0.2, 0) is 0 Å². The summed E-state index contributed by atoms with van der Waals surface area (Å²) >= 11 is 0. The first-order valence-corrected chi connectivity index (χ1v) is 10.5. The number of benzene rings is 4. The fourth-order valence-corrected chi connectivity index (χ4v) is 3.52. The summed E-state index contributed by atoms with van der Waals surface area (Å²) in [5.74, 6) is 0.349. The van der Waals surface area contributed by atoms with Crippen molar-refractivity contribution < 1.29 is 9.59 Å². The van der Waals surface area contributed by atoms with Crippen molar-refractivity contribution in [1.29, 1.82) is 0 Å². The van der Waals surface area contributed by atoms with E-state index in [0.717, 1.165) is 22.3 Å². The number of rotatable bonds is 5. The van der Waals surface area contributed by atoms with Gasteiger partial charge < -0.3 is 15.6 Å². The number of hydrogen-bond acceptors (Lipinski definition) is 3. The third-order valence-electron chi connectivity index (χ3n) is 5.23. The van der Waals surface area contributed by atoms with Crippen LogP contribution in [0, 0.1) is 0 Å². The molecule has 6 heteroatoms. The highest BCUT2D eigenvalue weighted by Gasteiger charge is 2.11. The second-order valence-electron chi connectivity index (χ2n) is 7.53. The van der Waals surface area contributed by atoms with E-state index < -0.39 is 0 Å². The van der Waals surface area contributed by atoms with Crippen molar-refractivity contribution in [1.82, 2.24) is 9.97 Å². The molecule has 0 atom stereocenters. The van der Waals surface area contributed by atoms with Gasteiger partial charge in [-0.15, -0.1) is 0 Å². The van der Waals surface area contributed by atoms with E-state index in [1.54, 1.807) is 24.3 Å². The molecular weight excluding hydrogens is 412 g/mol. The summed E-state index contributed by atoms with van der Waals surface area (Å²) in [7, 11) is 0. The molecule has 1 heterocycles. The molecule has 5 rings (SSSR count). The zero-order valence-electron chi connectivity index (χ0n) is 17.6. The van der Waals surface area contributed by atoms with Gasteiger partial charge in [-0.3, -0.25) is 9.59 Å². The van der Waals surface area contributed by atoms with Crippen LogP contribution in [-0.4, -0.2) is 21.8 Å². The Bertz CT molecular complexity index is 1430. The summed E-state index contributed by atoms with van der Waals surface area (Å²) < 4.78 is 0. The summed E-state index contributed by atoms with van der Waals surface area (Å²) in [5.41, 5.74) is 5.04. The van der Waals surface area contributed by atoms with Gasteiger partial charge in [-0.05, 0) is 54.6 Å². The maximum absolute atomic E-state index is 12.5. The van der Waals surface area contributed by atoms with E-state index in [9.17, 15) is 9.59 Å². The van der Waals surface area contributed by atoms with Crippen LogP contribution in [0.3, 0.4) is 0 Å². The van der Waals surface area contributed by atoms with E-state index in [2.05, 4.69) is 20.6 Å². The predicted octanol–water partition coefficient (Wildman–Crippen LogP) is 5.73. The first-order chi connectivity index (χ1) is 16.2. The number of carbonyl (C=O) groups is 2. The SMILES string of the molecule is O=C(Nc1ccccc1)c1ccc(-c2nc3ccc(NC(=O)c4ccccc4)cc3[nH]2)cc1. The molecule has 1 aromatic heterocycles. The number of anilines is 2. The summed E-state index contributed by atoms with van der Waals surface area (Å²) in [6.45, 7) is 0. The minimum absolute atomic E-state index is 0.168. The van der Waals surface area contributed by atoms with Crippen molar-refractivity contribution in [2.75, 3.05) is 10.6 Å². The van der Waals surface area contributed by atoms with Crippen molar-refractivity contribution in [2.24, 2.45) is 0 Å². The van der Waals surface area contributed by atoms with Crippen LogP contribution in [0.5, 0.6) is 0 Å². The lowest BCUT2D eigenvalue weighted by atomic mass is 10.1. The molecule has 33 heavy (non-hydrogen) atoms. The van der Waals surface area contributed by atoms with E-state index in [-0.39, 0.29) is 11.8 Å². The molecule has 2 amide bonds. The Morgan fingerprint density at radius 3 is 1.94 bits per heavy atom. The number of para-hydroxylation sites is 1. The number of fused-ring (bicyclic) bond motifs is 1. The lowest BCUT2D eigenvalue weighted by Crippen LogP contribution is -2.11. The quantitative estimate of drug-likeness (QED) is 0.331. The minimum atomic E-state index is -0.170. The minimum Gasteiger partial charge on any atom is -0.338 e. The van der Waals surface area contributed by atoms with Gasteiger partial charge in [0.15, 0.2) is 0 Å². The number of aromatic nitrogens is 2. The third-order valence-corrected chi connectivity index (χ3v) is 5.23. The molecule has 0 radical (unpaired) electrons. The van der Waals surface area contributed by atoms with Crippen LogP contribution in [0.1, 0.15) is 20.7 Å². The normalized spacial score (nSPS) is 10.7. The topological polar surface area (TPSA) is 86.9 Å². The van der Waals surface area contributed by atoms with Gasteiger partial charge in [0.25, 0.3) is 11.8 Å². The molecule has 0 aliphatic carbocycles. The molecule has 160 valence electrons. The van der Waals surface area contributed by atoms with Gasteiger partial charge in [0.05, 0.1) is 11.0 Å². The average Bonchev–Trinajstić information content (AvgIpc) is 3.29. The Balaban J connectivity index is 1.32. The van der Waals surface area contributed by atoms with Crippen LogP contribution >= 0.6 is 0 Å². The van der Waals surface area contributed by atoms with Crippen LogP contribution in [0.15, 0.2) is 103 Å². The van der Waals surface area contributed by atoms with Gasteiger partial charge in [-0.2, -0.15) is 0 Å². The molecule has 0 bridgehead atoms. The van der Waals surface area contributed by atoms with Gasteiger partial charge in [0.2, 0.25) is 0 Å². The average molecular weight is 432 g/mol. The molecule has 0 aliphatic heterocycles. The van der Waals surface area contributed by atoms with Crippen molar-refractivity contribution in [3.05, 3.63) is 114 Å². The number of amides is 2. The fourth-order valence-electron chi connectivity index (χ4n) is 3.52. The Labute approximate surface area is 190 Å². The van der Waals surface area contributed by atoms with E-state index in [1.807, 2.05) is 78.9 Å². The van der Waals surface area contributed by atoms with Crippen LogP contribution in [0.4, 0.5) is 11.4 Å². The van der Waals surface area contributed by atoms with Crippen LogP contribution < -0.4 is 10.6 Å². The maximum Gasteiger partial charge on any atom is 0.255 e. The number of hydrogen-bond donors (Lipinski definition) is 3. The summed E-state index contributed by atoms with van der Waals surface area (Å²) in [4.78, 5) is 32.8. The molecular formula is C27H20N4O2. The molecule has 3 N–H and O–H groups in total. The van der Waals surface area contributed by atoms with Gasteiger partial charge in [0.1, 0.15) is 5.82 Å². The predicted molar refractivity (Wildman–Crippen MR) is 130 cm³/mol. The molecule has 0 unspecified atom stereocenters. The second kappa shape index (κ2) is 8.80. The third kappa shape index (κ3) is 4.50. The van der Waals surface area contributed by atoms with E-state index in [4.69, 9.17) is 0 Å². The molecule has 0 aliphatic rings. The Morgan fingerprint density at radius 1 is 0.636 bits per heavy atom. The number of carbonyl (C=O) groups excluding carboxylic acids is 2. The van der Waals surface area contributed by atoms with Crippen LogP contribution in [0.25, 0.3) is 22.4 Å². The van der Waals surface area contributed by atoms with Gasteiger partial charge in [-0.1, -0.05) is 48.5 Å². The molecule has 4 aromatic carbocycles. The number of imidazole rings is 1. The zero-order valence-corrected chi connectivity index (χ0v) is 17.6. The first-order valence-electron chi connectivity index (χ1n) is 10.5. The van der Waals surface area contributed by atoms with E-state index in [1.165, 1.54) is 0 Å². The Morgan fingerprint density at radius 2 is 1.24 bits per heavy atom. The zero-order chi connectivity index (χ0) is 22.6. The maximum atomic E-state index is 12.5. The fraction of sp³-hybridized carbons (Fsp3) is 0. The summed E-state index contributed by atoms with van der Waals surface area (Å²) in [5, 5.41) is 5.78. The van der Waals surface area contributed by atoms with E-state index >= 15 is 0 Å². The van der Waals surface area contributed by atoms with Gasteiger partial charge in [-0.25, -0.2) is 4.98 Å². The van der Waals surface area contributed by atoms with Crippen molar-refractivity contribution in [3.63, 3.8) is 0 Å². The highest BCUT2D eigenvalue weighted by molar-refractivity contribution is 6.05. The van der Waals surface area contributed by atoms with Crippen LogP contribution in [0.2, 0.25) is 0 Å². The molecule has 0 saturated heterocycles. The largest absolute Gasteiger partial charge is 0.338 e. The van der Waals surface area contributed by atoms with Crippen molar-refractivity contribution in [2.45, 2.75) is 0 Å². The molecule has 5 aromatic rings. The van der Waals surface area contributed by atoms with Crippen molar-refractivity contribution >= 4 is 34.2 Å². The molecule has 0 fully saturated rings. The van der Waals surface area contributed by atoms with Crippen molar-refractivity contribution in [3.8, 4) is 11.4 Å². The van der Waals surface area contributed by atoms with E-state index in [0.29, 0.717) is 22.6 Å². The lowest BCUT2D eigenvalue weighted by molar-refractivity contribution is 0.101. The smallest absolute Gasteiger partial charge is 0.255 e. The van der Waals surface area contributed by atoms with Gasteiger partial charge in [0, 0.05) is 28.1 Å².